The van der Waals surface area contributed by atoms with Crippen LogP contribution in [0.3, 0.4) is 0 Å². The smallest absolute Gasteiger partial charge is 0.254 e. The minimum absolute atomic E-state index is 0.0254. The van der Waals surface area contributed by atoms with E-state index in [1.54, 1.807) is 52.9 Å². The fourth-order valence-electron chi connectivity index (χ4n) is 2.62. The van der Waals surface area contributed by atoms with Crippen LogP contribution in [0.25, 0.3) is 0 Å². The lowest BCUT2D eigenvalue weighted by molar-refractivity contribution is 0.0772. The van der Waals surface area contributed by atoms with Gasteiger partial charge >= 0.3 is 0 Å². The molecular formula is C21H27FN2O4S. The minimum atomic E-state index is -3.76. The van der Waals surface area contributed by atoms with E-state index in [1.807, 2.05) is 0 Å². The molecule has 6 nitrogen and oxygen atoms in total. The molecule has 8 heteroatoms. The predicted octanol–water partition coefficient (Wildman–Crippen LogP) is 3.36. The van der Waals surface area contributed by atoms with E-state index in [4.69, 9.17) is 4.74 Å². The number of amides is 1. The van der Waals surface area contributed by atoms with Crippen LogP contribution >= 0.6 is 0 Å². The molecule has 1 N–H and O–H groups in total. The van der Waals surface area contributed by atoms with Gasteiger partial charge < -0.3 is 9.64 Å². The number of nitrogens with one attached hydrogen (secondary N) is 1. The van der Waals surface area contributed by atoms with E-state index in [0.29, 0.717) is 5.56 Å². The van der Waals surface area contributed by atoms with Crippen LogP contribution in [0.1, 0.15) is 36.7 Å². The van der Waals surface area contributed by atoms with Crippen molar-refractivity contribution in [3.8, 4) is 5.75 Å². The molecule has 0 aliphatic carbocycles. The summed E-state index contributed by atoms with van der Waals surface area (Å²) in [7, 11) is -2.18. The van der Waals surface area contributed by atoms with Crippen LogP contribution in [-0.4, -0.2) is 45.0 Å². The standard InChI is InChI=1S/C21H27FN2O4S/c1-15-10-11-16(29(26,27)23-21(2,3)4)14-17(15)20(25)24(5)12-13-28-19-9-7-6-8-18(19)22/h6-11,14,23H,12-13H2,1-5H3. The Morgan fingerprint density at radius 2 is 1.83 bits per heavy atom. The maximum absolute atomic E-state index is 13.6. The molecule has 29 heavy (non-hydrogen) atoms. The Morgan fingerprint density at radius 1 is 1.17 bits per heavy atom. The van der Waals surface area contributed by atoms with Crippen LogP contribution < -0.4 is 9.46 Å². The Kier molecular flexibility index (Phi) is 7.02. The van der Waals surface area contributed by atoms with Crippen LogP contribution in [0, 0.1) is 12.7 Å². The lowest BCUT2D eigenvalue weighted by Crippen LogP contribution is -2.40. The Balaban J connectivity index is 2.12. The van der Waals surface area contributed by atoms with Gasteiger partial charge in [-0.05, 0) is 57.5 Å². The summed E-state index contributed by atoms with van der Waals surface area (Å²) in [5, 5.41) is 0. The lowest BCUT2D eigenvalue weighted by atomic mass is 10.1. The summed E-state index contributed by atoms with van der Waals surface area (Å²) in [6.07, 6.45) is 0. The van der Waals surface area contributed by atoms with Crippen LogP contribution in [0.2, 0.25) is 0 Å². The van der Waals surface area contributed by atoms with Gasteiger partial charge in [0.15, 0.2) is 11.6 Å². The number of hydrogen-bond donors (Lipinski definition) is 1. The maximum atomic E-state index is 13.6. The molecule has 2 aromatic carbocycles. The van der Waals surface area contributed by atoms with E-state index >= 15 is 0 Å². The number of rotatable bonds is 7. The highest BCUT2D eigenvalue weighted by Gasteiger charge is 2.24. The maximum Gasteiger partial charge on any atom is 0.254 e. The van der Waals surface area contributed by atoms with Crippen molar-refractivity contribution in [2.24, 2.45) is 0 Å². The van der Waals surface area contributed by atoms with E-state index in [2.05, 4.69) is 4.72 Å². The topological polar surface area (TPSA) is 75.7 Å². The van der Waals surface area contributed by atoms with Crippen molar-refractivity contribution in [3.63, 3.8) is 0 Å². The lowest BCUT2D eigenvalue weighted by Gasteiger charge is -2.22. The number of sulfonamides is 1. The second-order valence-electron chi connectivity index (χ2n) is 7.84. The van der Waals surface area contributed by atoms with Gasteiger partial charge in [0, 0.05) is 18.2 Å². The molecule has 0 atom stereocenters. The van der Waals surface area contributed by atoms with Gasteiger partial charge in [-0.2, -0.15) is 0 Å². The van der Waals surface area contributed by atoms with Gasteiger partial charge in [-0.1, -0.05) is 18.2 Å². The summed E-state index contributed by atoms with van der Waals surface area (Å²) in [5.74, 6) is -0.695. The average molecular weight is 423 g/mol. The molecule has 0 radical (unpaired) electrons. The van der Waals surface area contributed by atoms with Crippen LogP contribution in [0.15, 0.2) is 47.4 Å². The number of likely N-dealkylation sites (N-methyl/N-ethyl adjacent to an activating group) is 1. The van der Waals surface area contributed by atoms with Crippen molar-refractivity contribution in [2.75, 3.05) is 20.2 Å². The normalized spacial score (nSPS) is 11.9. The van der Waals surface area contributed by atoms with Crippen LogP contribution in [0.5, 0.6) is 5.75 Å². The van der Waals surface area contributed by atoms with Gasteiger partial charge in [0.2, 0.25) is 10.0 Å². The number of benzene rings is 2. The number of aryl methyl sites for hydroxylation is 1. The fraction of sp³-hybridized carbons (Fsp3) is 0.381. The molecule has 0 aliphatic heterocycles. The van der Waals surface area contributed by atoms with E-state index in [-0.39, 0.29) is 35.3 Å². The summed E-state index contributed by atoms with van der Waals surface area (Å²) >= 11 is 0. The Hall–Kier alpha value is -2.45. The third-order valence-electron chi connectivity index (χ3n) is 4.06. The van der Waals surface area contributed by atoms with E-state index < -0.39 is 21.4 Å². The first-order chi connectivity index (χ1) is 13.4. The van der Waals surface area contributed by atoms with Crippen LogP contribution in [0.4, 0.5) is 4.39 Å². The van der Waals surface area contributed by atoms with Crippen molar-refractivity contribution in [2.45, 2.75) is 38.1 Å². The summed E-state index contributed by atoms with van der Waals surface area (Å²) in [4.78, 5) is 14.3. The highest BCUT2D eigenvalue weighted by atomic mass is 32.2. The summed E-state index contributed by atoms with van der Waals surface area (Å²) in [6.45, 7) is 7.29. The molecule has 0 heterocycles. The van der Waals surface area contributed by atoms with E-state index in [0.717, 1.165) is 0 Å². The van der Waals surface area contributed by atoms with Gasteiger partial charge in [0.1, 0.15) is 6.61 Å². The van der Waals surface area contributed by atoms with Crippen molar-refractivity contribution < 1.29 is 22.3 Å². The van der Waals surface area contributed by atoms with Gasteiger partial charge in [-0.3, -0.25) is 4.79 Å². The largest absolute Gasteiger partial charge is 0.489 e. The number of hydrogen-bond acceptors (Lipinski definition) is 4. The molecule has 0 bridgehead atoms. The monoisotopic (exact) mass is 422 g/mol. The van der Waals surface area contributed by atoms with Crippen molar-refractivity contribution in [1.29, 1.82) is 0 Å². The first kappa shape index (κ1) is 22.8. The molecule has 1 amide bonds. The quantitative estimate of drug-likeness (QED) is 0.742. The number of para-hydroxylation sites is 1. The Morgan fingerprint density at radius 3 is 2.45 bits per heavy atom. The SMILES string of the molecule is Cc1ccc(S(=O)(=O)NC(C)(C)C)cc1C(=O)N(C)CCOc1ccccc1F. The highest BCUT2D eigenvalue weighted by molar-refractivity contribution is 7.89. The number of ether oxygens (including phenoxy) is 1. The van der Waals surface area contributed by atoms with Gasteiger partial charge in [0.05, 0.1) is 11.4 Å². The van der Waals surface area contributed by atoms with Gasteiger partial charge in [0.25, 0.3) is 5.91 Å². The van der Waals surface area contributed by atoms with E-state index in [1.165, 1.54) is 29.2 Å². The number of carbonyl (C=O) groups is 1. The molecule has 0 spiro atoms. The first-order valence-corrected chi connectivity index (χ1v) is 10.7. The predicted molar refractivity (Wildman–Crippen MR) is 110 cm³/mol. The third kappa shape index (κ3) is 6.27. The molecule has 2 aromatic rings. The van der Waals surface area contributed by atoms with Crippen LogP contribution in [-0.2, 0) is 10.0 Å². The van der Waals surface area contributed by atoms with Crippen molar-refractivity contribution in [1.82, 2.24) is 9.62 Å². The first-order valence-electron chi connectivity index (χ1n) is 9.18. The molecule has 158 valence electrons. The molecule has 0 aromatic heterocycles. The van der Waals surface area contributed by atoms with Crippen molar-refractivity contribution >= 4 is 15.9 Å². The van der Waals surface area contributed by atoms with Crippen molar-refractivity contribution in [3.05, 3.63) is 59.4 Å². The molecule has 0 saturated carbocycles. The summed E-state index contributed by atoms with van der Waals surface area (Å²) in [5.41, 5.74) is 0.302. The molecule has 0 fully saturated rings. The van der Waals surface area contributed by atoms with E-state index in [9.17, 15) is 17.6 Å². The second-order valence-corrected chi connectivity index (χ2v) is 9.52. The Labute approximate surface area is 171 Å². The number of carbonyl (C=O) groups excluding carboxylic acids is 1. The zero-order valence-corrected chi connectivity index (χ0v) is 18.1. The average Bonchev–Trinajstić information content (AvgIpc) is 2.61. The summed E-state index contributed by atoms with van der Waals surface area (Å²) in [6, 6.07) is 10.5. The second kappa shape index (κ2) is 8.92. The number of nitrogens with zero attached hydrogens (tertiary/aromatic N) is 1. The molecule has 0 unspecified atom stereocenters. The molecule has 2 rings (SSSR count). The molecular weight excluding hydrogens is 395 g/mol. The highest BCUT2D eigenvalue weighted by Crippen LogP contribution is 2.19. The Bertz CT molecular complexity index is 984. The zero-order chi connectivity index (χ0) is 21.8. The third-order valence-corrected chi connectivity index (χ3v) is 5.81. The molecule has 0 aliphatic rings. The zero-order valence-electron chi connectivity index (χ0n) is 17.3. The van der Waals surface area contributed by atoms with Gasteiger partial charge in [-0.25, -0.2) is 17.5 Å². The number of halogens is 1. The fourth-order valence-corrected chi connectivity index (χ4v) is 4.07. The van der Waals surface area contributed by atoms with Gasteiger partial charge in [-0.15, -0.1) is 0 Å². The summed E-state index contributed by atoms with van der Waals surface area (Å²) < 4.78 is 46.7. The molecule has 0 saturated heterocycles. The minimum Gasteiger partial charge on any atom is -0.489 e.